The standard InChI is InChI=1S/C19H23N3O3/c23-19(7-9-22-10-12-24-13-11-22)21-18-14-17(6-8-20-18)25-15-16-4-2-1-3-5-16/h1-6,8,14H,7,9-13,15H2,(H,20,21,23). The quantitative estimate of drug-likeness (QED) is 0.837. The van der Waals surface area contributed by atoms with Crippen molar-refractivity contribution >= 4 is 11.7 Å². The number of amides is 1. The van der Waals surface area contributed by atoms with E-state index in [9.17, 15) is 4.79 Å². The van der Waals surface area contributed by atoms with Crippen molar-refractivity contribution in [1.29, 1.82) is 0 Å². The number of benzene rings is 1. The van der Waals surface area contributed by atoms with Crippen LogP contribution in [0.25, 0.3) is 0 Å². The van der Waals surface area contributed by atoms with Crippen molar-refractivity contribution in [1.82, 2.24) is 9.88 Å². The van der Waals surface area contributed by atoms with Crippen molar-refractivity contribution in [2.75, 3.05) is 38.2 Å². The zero-order valence-electron chi connectivity index (χ0n) is 14.2. The minimum atomic E-state index is -0.0424. The number of nitrogens with one attached hydrogen (secondary N) is 1. The molecule has 1 aliphatic heterocycles. The number of hydrogen-bond donors (Lipinski definition) is 1. The van der Waals surface area contributed by atoms with Crippen molar-refractivity contribution in [2.24, 2.45) is 0 Å². The van der Waals surface area contributed by atoms with Gasteiger partial charge >= 0.3 is 0 Å². The molecule has 6 nitrogen and oxygen atoms in total. The molecule has 2 heterocycles. The average Bonchev–Trinajstić information content (AvgIpc) is 2.67. The van der Waals surface area contributed by atoms with Gasteiger partial charge in [-0.15, -0.1) is 0 Å². The number of rotatable bonds is 7. The highest BCUT2D eigenvalue weighted by molar-refractivity contribution is 5.89. The number of hydrogen-bond acceptors (Lipinski definition) is 5. The van der Waals surface area contributed by atoms with Crippen LogP contribution in [-0.2, 0) is 16.1 Å². The van der Waals surface area contributed by atoms with Crippen molar-refractivity contribution < 1.29 is 14.3 Å². The largest absolute Gasteiger partial charge is 0.489 e. The van der Waals surface area contributed by atoms with Crippen LogP contribution in [-0.4, -0.2) is 48.6 Å². The molecule has 1 amide bonds. The summed E-state index contributed by atoms with van der Waals surface area (Å²) in [6.07, 6.45) is 2.08. The van der Waals surface area contributed by atoms with Crippen LogP contribution in [0.5, 0.6) is 5.75 Å². The summed E-state index contributed by atoms with van der Waals surface area (Å²) in [6, 6.07) is 13.5. The smallest absolute Gasteiger partial charge is 0.226 e. The first-order valence-corrected chi connectivity index (χ1v) is 8.52. The Morgan fingerprint density at radius 1 is 1.20 bits per heavy atom. The monoisotopic (exact) mass is 341 g/mol. The zero-order valence-corrected chi connectivity index (χ0v) is 14.2. The van der Waals surface area contributed by atoms with Gasteiger partial charge in [-0.1, -0.05) is 30.3 Å². The second-order valence-electron chi connectivity index (χ2n) is 5.90. The third kappa shape index (κ3) is 5.85. The van der Waals surface area contributed by atoms with Crippen LogP contribution in [0, 0.1) is 0 Å². The highest BCUT2D eigenvalue weighted by atomic mass is 16.5. The molecule has 0 saturated carbocycles. The van der Waals surface area contributed by atoms with Gasteiger partial charge in [-0.3, -0.25) is 9.69 Å². The van der Waals surface area contributed by atoms with E-state index in [1.165, 1.54) is 0 Å². The third-order valence-corrected chi connectivity index (χ3v) is 4.01. The second kappa shape index (κ2) is 9.15. The van der Waals surface area contributed by atoms with Crippen molar-refractivity contribution in [3.8, 4) is 5.75 Å². The van der Waals surface area contributed by atoms with Crippen LogP contribution in [0.3, 0.4) is 0 Å². The molecule has 0 aliphatic carbocycles. The minimum absolute atomic E-state index is 0.0424. The predicted octanol–water partition coefficient (Wildman–Crippen LogP) is 2.32. The van der Waals surface area contributed by atoms with Crippen LogP contribution in [0.15, 0.2) is 48.7 Å². The highest BCUT2D eigenvalue weighted by Gasteiger charge is 2.12. The van der Waals surface area contributed by atoms with Crippen molar-refractivity contribution in [3.63, 3.8) is 0 Å². The molecule has 0 bridgehead atoms. The summed E-state index contributed by atoms with van der Waals surface area (Å²) in [4.78, 5) is 18.5. The lowest BCUT2D eigenvalue weighted by Gasteiger charge is -2.26. The molecule has 0 atom stereocenters. The zero-order chi connectivity index (χ0) is 17.3. The fourth-order valence-corrected chi connectivity index (χ4v) is 2.60. The first-order chi connectivity index (χ1) is 12.3. The van der Waals surface area contributed by atoms with Gasteiger partial charge in [0.2, 0.25) is 5.91 Å². The van der Waals surface area contributed by atoms with Gasteiger partial charge in [-0.25, -0.2) is 4.98 Å². The van der Waals surface area contributed by atoms with Gasteiger partial charge in [0.25, 0.3) is 0 Å². The van der Waals surface area contributed by atoms with Crippen LogP contribution < -0.4 is 10.1 Å². The number of ether oxygens (including phenoxy) is 2. The number of nitrogens with zero attached hydrogens (tertiary/aromatic N) is 2. The molecule has 3 rings (SSSR count). The van der Waals surface area contributed by atoms with E-state index in [4.69, 9.17) is 9.47 Å². The first kappa shape index (κ1) is 17.4. The summed E-state index contributed by atoms with van der Waals surface area (Å²) >= 11 is 0. The van der Waals surface area contributed by atoms with E-state index in [1.54, 1.807) is 18.3 Å². The fourth-order valence-electron chi connectivity index (χ4n) is 2.60. The first-order valence-electron chi connectivity index (χ1n) is 8.52. The molecule has 2 aromatic rings. The third-order valence-electron chi connectivity index (χ3n) is 4.01. The lowest BCUT2D eigenvalue weighted by Crippen LogP contribution is -2.38. The number of anilines is 1. The molecule has 1 N–H and O–H groups in total. The lowest BCUT2D eigenvalue weighted by atomic mass is 10.2. The summed E-state index contributed by atoms with van der Waals surface area (Å²) in [5, 5.41) is 2.83. The molecule has 0 radical (unpaired) electrons. The molecule has 25 heavy (non-hydrogen) atoms. The van der Waals surface area contributed by atoms with Crippen LogP contribution in [0.2, 0.25) is 0 Å². The molecule has 0 unspecified atom stereocenters. The van der Waals surface area contributed by atoms with Crippen LogP contribution in [0.1, 0.15) is 12.0 Å². The summed E-state index contributed by atoms with van der Waals surface area (Å²) in [5.74, 6) is 1.15. The number of carbonyl (C=O) groups is 1. The van der Waals surface area contributed by atoms with Crippen LogP contribution >= 0.6 is 0 Å². The summed E-state index contributed by atoms with van der Waals surface area (Å²) < 4.78 is 11.1. The highest BCUT2D eigenvalue weighted by Crippen LogP contribution is 2.16. The van der Waals surface area contributed by atoms with Gasteiger partial charge in [0, 0.05) is 38.3 Å². The van der Waals surface area contributed by atoms with Crippen molar-refractivity contribution in [3.05, 3.63) is 54.2 Å². The summed E-state index contributed by atoms with van der Waals surface area (Å²) in [5.41, 5.74) is 1.09. The van der Waals surface area contributed by atoms with Crippen molar-refractivity contribution in [2.45, 2.75) is 13.0 Å². The van der Waals surface area contributed by atoms with Gasteiger partial charge in [-0.2, -0.15) is 0 Å². The number of aromatic nitrogens is 1. The van der Waals surface area contributed by atoms with Gasteiger partial charge in [0.05, 0.1) is 13.2 Å². The molecule has 1 aliphatic rings. The number of carbonyl (C=O) groups excluding carboxylic acids is 1. The molecule has 6 heteroatoms. The van der Waals surface area contributed by atoms with Gasteiger partial charge in [0.1, 0.15) is 18.2 Å². The van der Waals surface area contributed by atoms with E-state index in [0.29, 0.717) is 24.6 Å². The molecule has 132 valence electrons. The number of pyridine rings is 1. The fraction of sp³-hybridized carbons (Fsp3) is 0.368. The second-order valence-corrected chi connectivity index (χ2v) is 5.90. The molecular formula is C19H23N3O3. The molecule has 1 saturated heterocycles. The van der Waals surface area contributed by atoms with E-state index in [0.717, 1.165) is 38.4 Å². The maximum absolute atomic E-state index is 12.1. The van der Waals surface area contributed by atoms with E-state index >= 15 is 0 Å². The Kier molecular flexibility index (Phi) is 6.36. The molecular weight excluding hydrogens is 318 g/mol. The van der Waals surface area contributed by atoms with E-state index in [-0.39, 0.29) is 5.91 Å². The lowest BCUT2D eigenvalue weighted by molar-refractivity contribution is -0.116. The maximum atomic E-state index is 12.1. The normalized spacial score (nSPS) is 14.9. The SMILES string of the molecule is O=C(CCN1CCOCC1)Nc1cc(OCc2ccccc2)ccn1. The van der Waals surface area contributed by atoms with E-state index in [1.807, 2.05) is 30.3 Å². The maximum Gasteiger partial charge on any atom is 0.226 e. The Balaban J connectivity index is 1.46. The predicted molar refractivity (Wildman–Crippen MR) is 95.5 cm³/mol. The molecule has 1 aromatic heterocycles. The number of morpholine rings is 1. The molecule has 1 fully saturated rings. The molecule has 0 spiro atoms. The topological polar surface area (TPSA) is 63.7 Å². The average molecular weight is 341 g/mol. The van der Waals surface area contributed by atoms with E-state index < -0.39 is 0 Å². The Morgan fingerprint density at radius 2 is 2.00 bits per heavy atom. The molecule has 1 aromatic carbocycles. The van der Waals surface area contributed by atoms with Gasteiger partial charge in [-0.05, 0) is 11.6 Å². The van der Waals surface area contributed by atoms with Gasteiger partial charge < -0.3 is 14.8 Å². The summed E-state index contributed by atoms with van der Waals surface area (Å²) in [6.45, 7) is 4.46. The summed E-state index contributed by atoms with van der Waals surface area (Å²) in [7, 11) is 0. The van der Waals surface area contributed by atoms with E-state index in [2.05, 4.69) is 15.2 Å². The Labute approximate surface area is 147 Å². The van der Waals surface area contributed by atoms with Gasteiger partial charge in [0.15, 0.2) is 0 Å². The Hall–Kier alpha value is -2.44. The Bertz CT molecular complexity index is 673. The van der Waals surface area contributed by atoms with Crippen LogP contribution in [0.4, 0.5) is 5.82 Å². The minimum Gasteiger partial charge on any atom is -0.489 e. The Morgan fingerprint density at radius 3 is 2.80 bits per heavy atom.